The Kier molecular flexibility index (Phi) is 4.29. The summed E-state index contributed by atoms with van der Waals surface area (Å²) in [5.41, 5.74) is 5.80. The highest BCUT2D eigenvalue weighted by molar-refractivity contribution is 7.99. The van der Waals surface area contributed by atoms with Crippen LogP contribution in [0, 0.1) is 0 Å². The molecule has 0 radical (unpaired) electrons. The molecule has 0 spiro atoms. The van der Waals surface area contributed by atoms with E-state index >= 15 is 0 Å². The molecule has 0 aromatic carbocycles. The van der Waals surface area contributed by atoms with Crippen LogP contribution in [-0.4, -0.2) is 42.0 Å². The molecule has 1 aliphatic heterocycles. The topological polar surface area (TPSA) is 41.6 Å². The van der Waals surface area contributed by atoms with Crippen molar-refractivity contribution in [1.29, 1.82) is 0 Å². The smallest absolute Gasteiger partial charge is 0.191 e. The molecule has 3 nitrogen and oxygen atoms in total. The van der Waals surface area contributed by atoms with Gasteiger partial charge in [-0.25, -0.2) is 0 Å². The van der Waals surface area contributed by atoms with Gasteiger partial charge >= 0.3 is 0 Å². The number of guanidine groups is 1. The highest BCUT2D eigenvalue weighted by Gasteiger charge is 2.11. The molecule has 1 saturated heterocycles. The van der Waals surface area contributed by atoms with Crippen molar-refractivity contribution in [2.75, 3.05) is 31.1 Å². The Morgan fingerprint density at radius 1 is 1.50 bits per heavy atom. The molecule has 0 bridgehead atoms. The van der Waals surface area contributed by atoms with Gasteiger partial charge < -0.3 is 10.6 Å². The van der Waals surface area contributed by atoms with Gasteiger partial charge in [0.15, 0.2) is 5.96 Å². The van der Waals surface area contributed by atoms with Crippen LogP contribution in [0.2, 0.25) is 0 Å². The third-order valence-corrected chi connectivity index (χ3v) is 2.77. The van der Waals surface area contributed by atoms with Gasteiger partial charge in [-0.2, -0.15) is 11.8 Å². The Morgan fingerprint density at radius 2 is 2.17 bits per heavy atom. The number of hydrogen-bond acceptors (Lipinski definition) is 2. The van der Waals surface area contributed by atoms with Crippen LogP contribution in [-0.2, 0) is 0 Å². The molecule has 0 aromatic heterocycles. The summed E-state index contributed by atoms with van der Waals surface area (Å²) in [4.78, 5) is 6.45. The first-order valence-corrected chi connectivity index (χ1v) is 5.62. The Balaban J connectivity index is 2.33. The first-order valence-electron chi connectivity index (χ1n) is 4.47. The van der Waals surface area contributed by atoms with Gasteiger partial charge in [0.05, 0.1) is 0 Å². The maximum absolute atomic E-state index is 5.80. The second-order valence-corrected chi connectivity index (χ2v) is 4.06. The van der Waals surface area contributed by atoms with E-state index in [1.165, 1.54) is 11.5 Å². The average Bonchev–Trinajstić information content (AvgIpc) is 2.15. The van der Waals surface area contributed by atoms with Gasteiger partial charge in [-0.3, -0.25) is 4.99 Å². The van der Waals surface area contributed by atoms with E-state index < -0.39 is 0 Å². The minimum Gasteiger partial charge on any atom is -0.370 e. The van der Waals surface area contributed by atoms with E-state index in [1.54, 1.807) is 0 Å². The third-order valence-electron chi connectivity index (χ3n) is 1.83. The standard InChI is InChI=1S/C8H17N3S/c1-2-3-10-8(9)11-4-6-12-7-5-11/h2-7H2,1H3,(H2,9,10). The van der Waals surface area contributed by atoms with E-state index in [1.807, 2.05) is 11.8 Å². The summed E-state index contributed by atoms with van der Waals surface area (Å²) in [5.74, 6) is 3.10. The Labute approximate surface area is 78.4 Å². The second kappa shape index (κ2) is 5.30. The first-order chi connectivity index (χ1) is 5.84. The highest BCUT2D eigenvalue weighted by atomic mass is 32.2. The predicted molar refractivity (Wildman–Crippen MR) is 55.7 cm³/mol. The summed E-state index contributed by atoms with van der Waals surface area (Å²) in [7, 11) is 0. The predicted octanol–water partition coefficient (Wildman–Crippen LogP) is 0.760. The lowest BCUT2D eigenvalue weighted by molar-refractivity contribution is 0.456. The number of hydrogen-bond donors (Lipinski definition) is 1. The number of nitrogens with zero attached hydrogens (tertiary/aromatic N) is 2. The van der Waals surface area contributed by atoms with Crippen molar-refractivity contribution in [2.45, 2.75) is 13.3 Å². The van der Waals surface area contributed by atoms with Gasteiger partial charge in [0.1, 0.15) is 0 Å². The van der Waals surface area contributed by atoms with Crippen molar-refractivity contribution in [1.82, 2.24) is 4.90 Å². The number of thioether (sulfide) groups is 1. The molecule has 2 N–H and O–H groups in total. The van der Waals surface area contributed by atoms with Gasteiger partial charge in [-0.1, -0.05) is 6.92 Å². The van der Waals surface area contributed by atoms with Crippen LogP contribution in [0.3, 0.4) is 0 Å². The van der Waals surface area contributed by atoms with E-state index in [0.717, 1.165) is 32.0 Å². The van der Waals surface area contributed by atoms with E-state index in [0.29, 0.717) is 0 Å². The van der Waals surface area contributed by atoms with Crippen LogP contribution in [0.1, 0.15) is 13.3 Å². The third kappa shape index (κ3) is 2.93. The summed E-state index contributed by atoms with van der Waals surface area (Å²) in [5, 5.41) is 0. The molecule has 12 heavy (non-hydrogen) atoms. The largest absolute Gasteiger partial charge is 0.370 e. The zero-order chi connectivity index (χ0) is 8.81. The van der Waals surface area contributed by atoms with Crippen LogP contribution in [0.5, 0.6) is 0 Å². The molecule has 1 heterocycles. The van der Waals surface area contributed by atoms with Crippen molar-refractivity contribution in [3.63, 3.8) is 0 Å². The number of aliphatic imine (C=N–C) groups is 1. The van der Waals surface area contributed by atoms with E-state index in [9.17, 15) is 0 Å². The molecule has 0 atom stereocenters. The molecule has 0 amide bonds. The molecule has 0 aliphatic carbocycles. The van der Waals surface area contributed by atoms with Crippen LogP contribution in [0.15, 0.2) is 4.99 Å². The van der Waals surface area contributed by atoms with Crippen molar-refractivity contribution in [2.24, 2.45) is 10.7 Å². The monoisotopic (exact) mass is 187 g/mol. The molecule has 4 heteroatoms. The van der Waals surface area contributed by atoms with Gasteiger partial charge in [-0.05, 0) is 6.42 Å². The number of nitrogens with two attached hydrogens (primary N) is 1. The maximum atomic E-state index is 5.80. The van der Waals surface area contributed by atoms with E-state index in [-0.39, 0.29) is 0 Å². The van der Waals surface area contributed by atoms with Gasteiger partial charge in [0.25, 0.3) is 0 Å². The molecular formula is C8H17N3S. The van der Waals surface area contributed by atoms with Crippen molar-refractivity contribution >= 4 is 17.7 Å². The van der Waals surface area contributed by atoms with Crippen LogP contribution in [0.4, 0.5) is 0 Å². The lowest BCUT2D eigenvalue weighted by Crippen LogP contribution is -2.42. The van der Waals surface area contributed by atoms with Crippen molar-refractivity contribution in [3.8, 4) is 0 Å². The summed E-state index contributed by atoms with van der Waals surface area (Å²) in [6.45, 7) is 5.09. The van der Waals surface area contributed by atoms with Gasteiger partial charge in [-0.15, -0.1) is 0 Å². The lowest BCUT2D eigenvalue weighted by Gasteiger charge is -2.27. The van der Waals surface area contributed by atoms with Crippen LogP contribution < -0.4 is 5.73 Å². The van der Waals surface area contributed by atoms with E-state index in [2.05, 4.69) is 16.8 Å². The van der Waals surface area contributed by atoms with Gasteiger partial charge in [0.2, 0.25) is 0 Å². The fraction of sp³-hybridized carbons (Fsp3) is 0.875. The zero-order valence-electron chi connectivity index (χ0n) is 7.62. The zero-order valence-corrected chi connectivity index (χ0v) is 8.44. The molecule has 0 unspecified atom stereocenters. The second-order valence-electron chi connectivity index (χ2n) is 2.84. The minimum atomic E-state index is 0.733. The summed E-state index contributed by atoms with van der Waals surface area (Å²) in [6, 6.07) is 0. The molecule has 0 aromatic rings. The normalized spacial score (nSPS) is 19.8. The maximum Gasteiger partial charge on any atom is 0.191 e. The van der Waals surface area contributed by atoms with Crippen molar-refractivity contribution < 1.29 is 0 Å². The lowest BCUT2D eigenvalue weighted by atomic mass is 10.5. The molecule has 70 valence electrons. The molecular weight excluding hydrogens is 170 g/mol. The molecule has 1 fully saturated rings. The highest BCUT2D eigenvalue weighted by Crippen LogP contribution is 2.08. The van der Waals surface area contributed by atoms with Crippen molar-refractivity contribution in [3.05, 3.63) is 0 Å². The number of rotatable bonds is 2. The molecule has 1 rings (SSSR count). The molecule has 0 saturated carbocycles. The van der Waals surface area contributed by atoms with Gasteiger partial charge in [0, 0.05) is 31.1 Å². The quantitative estimate of drug-likeness (QED) is 0.512. The SMILES string of the molecule is CCCN=C(N)N1CCSCC1. The fourth-order valence-corrected chi connectivity index (χ4v) is 2.02. The first kappa shape index (κ1) is 9.71. The summed E-state index contributed by atoms with van der Waals surface area (Å²) in [6.07, 6.45) is 1.07. The molecule has 1 aliphatic rings. The fourth-order valence-electron chi connectivity index (χ4n) is 1.12. The van der Waals surface area contributed by atoms with Crippen LogP contribution >= 0.6 is 11.8 Å². The minimum absolute atomic E-state index is 0.733. The Hall–Kier alpha value is -0.380. The Morgan fingerprint density at radius 3 is 2.75 bits per heavy atom. The van der Waals surface area contributed by atoms with Crippen LogP contribution in [0.25, 0.3) is 0 Å². The average molecular weight is 187 g/mol. The summed E-state index contributed by atoms with van der Waals surface area (Å²) < 4.78 is 0. The summed E-state index contributed by atoms with van der Waals surface area (Å²) >= 11 is 1.99. The Bertz CT molecular complexity index is 152. The van der Waals surface area contributed by atoms with E-state index in [4.69, 9.17) is 5.73 Å².